The van der Waals surface area contributed by atoms with E-state index in [0.717, 1.165) is 11.3 Å². The molecule has 1 aliphatic heterocycles. The van der Waals surface area contributed by atoms with Crippen LogP contribution in [0.25, 0.3) is 0 Å². The molecule has 22 heavy (non-hydrogen) atoms. The highest BCUT2D eigenvalue weighted by atomic mass is 19.1. The highest BCUT2D eigenvalue weighted by molar-refractivity contribution is 6.01. The lowest BCUT2D eigenvalue weighted by Crippen LogP contribution is -2.38. The summed E-state index contributed by atoms with van der Waals surface area (Å²) < 4.78 is 13.3. The van der Waals surface area contributed by atoms with Gasteiger partial charge in [-0.2, -0.15) is 0 Å². The van der Waals surface area contributed by atoms with Gasteiger partial charge in [0.15, 0.2) is 6.10 Å². The van der Waals surface area contributed by atoms with E-state index in [1.807, 2.05) is 26.8 Å². The van der Waals surface area contributed by atoms with Crippen molar-refractivity contribution in [3.05, 3.63) is 35.6 Å². The summed E-state index contributed by atoms with van der Waals surface area (Å²) in [7, 11) is 0. The molecule has 0 spiro atoms. The van der Waals surface area contributed by atoms with E-state index in [4.69, 9.17) is 4.84 Å². The normalized spacial score (nSPS) is 17.3. The SMILES string of the molecule is CCN(C[C@@H]1CC(c2cccc(F)c2)=NO1)C(=O)CC(C)C. The Morgan fingerprint density at radius 1 is 1.50 bits per heavy atom. The van der Waals surface area contributed by atoms with Crippen molar-refractivity contribution < 1.29 is 14.0 Å². The zero-order valence-electron chi connectivity index (χ0n) is 13.4. The van der Waals surface area contributed by atoms with Crippen LogP contribution in [0.2, 0.25) is 0 Å². The van der Waals surface area contributed by atoms with Crippen LogP contribution in [0.4, 0.5) is 4.39 Å². The van der Waals surface area contributed by atoms with Crippen molar-refractivity contribution in [3.63, 3.8) is 0 Å². The van der Waals surface area contributed by atoms with Gasteiger partial charge in [-0.15, -0.1) is 0 Å². The van der Waals surface area contributed by atoms with Crippen molar-refractivity contribution >= 4 is 11.6 Å². The number of likely N-dealkylation sites (N-methyl/N-ethyl adjacent to an activating group) is 1. The van der Waals surface area contributed by atoms with Gasteiger partial charge in [-0.1, -0.05) is 31.1 Å². The number of hydrogen-bond donors (Lipinski definition) is 0. The zero-order chi connectivity index (χ0) is 16.1. The molecule has 0 N–H and O–H groups in total. The minimum Gasteiger partial charge on any atom is -0.390 e. The van der Waals surface area contributed by atoms with Crippen LogP contribution in [0.1, 0.15) is 39.2 Å². The van der Waals surface area contributed by atoms with Crippen molar-refractivity contribution in [2.24, 2.45) is 11.1 Å². The van der Waals surface area contributed by atoms with Crippen LogP contribution in [-0.2, 0) is 9.63 Å². The van der Waals surface area contributed by atoms with Crippen LogP contribution >= 0.6 is 0 Å². The molecule has 1 atom stereocenters. The smallest absolute Gasteiger partial charge is 0.222 e. The Balaban J connectivity index is 1.92. The average molecular weight is 306 g/mol. The third-order valence-corrected chi connectivity index (χ3v) is 3.63. The summed E-state index contributed by atoms with van der Waals surface area (Å²) in [5, 5.41) is 4.05. The van der Waals surface area contributed by atoms with Crippen molar-refractivity contribution in [1.29, 1.82) is 0 Å². The van der Waals surface area contributed by atoms with Crippen LogP contribution in [0, 0.1) is 11.7 Å². The standard InChI is InChI=1S/C17H23FN2O2/c1-4-20(17(21)8-12(2)3)11-15-10-16(19-22-15)13-6-5-7-14(18)9-13/h5-7,9,12,15H,4,8,10-11H2,1-3H3/t15-/m0/s1. The molecule has 120 valence electrons. The average Bonchev–Trinajstić information content (AvgIpc) is 2.92. The number of carbonyl (C=O) groups excluding carboxylic acids is 1. The molecule has 4 nitrogen and oxygen atoms in total. The van der Waals surface area contributed by atoms with Gasteiger partial charge in [0.2, 0.25) is 5.91 Å². The maximum absolute atomic E-state index is 13.3. The number of rotatable bonds is 6. The Hall–Kier alpha value is -1.91. The molecule has 0 fully saturated rings. The van der Waals surface area contributed by atoms with E-state index in [9.17, 15) is 9.18 Å². The molecule has 0 aromatic heterocycles. The summed E-state index contributed by atoms with van der Waals surface area (Å²) >= 11 is 0. The molecule has 0 saturated heterocycles. The van der Waals surface area contributed by atoms with E-state index in [0.29, 0.717) is 31.8 Å². The zero-order valence-corrected chi connectivity index (χ0v) is 13.4. The summed E-state index contributed by atoms with van der Waals surface area (Å²) in [6.45, 7) is 7.19. The number of carbonyl (C=O) groups is 1. The largest absolute Gasteiger partial charge is 0.390 e. The number of benzene rings is 1. The van der Waals surface area contributed by atoms with Gasteiger partial charge in [0, 0.05) is 24.9 Å². The molecule has 1 heterocycles. The maximum atomic E-state index is 13.3. The van der Waals surface area contributed by atoms with Crippen molar-refractivity contribution in [1.82, 2.24) is 4.90 Å². The lowest BCUT2D eigenvalue weighted by Gasteiger charge is -2.24. The minimum atomic E-state index is -0.286. The Kier molecular flexibility index (Phi) is 5.52. The number of amides is 1. The predicted octanol–water partition coefficient (Wildman–Crippen LogP) is 3.21. The fraction of sp³-hybridized carbons (Fsp3) is 0.529. The Morgan fingerprint density at radius 3 is 2.91 bits per heavy atom. The van der Waals surface area contributed by atoms with E-state index in [1.54, 1.807) is 11.0 Å². The molecule has 0 aliphatic carbocycles. The molecule has 1 aliphatic rings. The van der Waals surface area contributed by atoms with Gasteiger partial charge in [0.05, 0.1) is 12.3 Å². The van der Waals surface area contributed by atoms with Gasteiger partial charge in [0.25, 0.3) is 0 Å². The van der Waals surface area contributed by atoms with Gasteiger partial charge >= 0.3 is 0 Å². The minimum absolute atomic E-state index is 0.139. The lowest BCUT2D eigenvalue weighted by molar-refractivity contribution is -0.133. The number of oxime groups is 1. The van der Waals surface area contributed by atoms with Crippen molar-refractivity contribution in [2.45, 2.75) is 39.7 Å². The van der Waals surface area contributed by atoms with E-state index >= 15 is 0 Å². The van der Waals surface area contributed by atoms with E-state index in [1.165, 1.54) is 12.1 Å². The molecule has 2 rings (SSSR count). The van der Waals surface area contributed by atoms with Crippen LogP contribution in [0.3, 0.4) is 0 Å². The summed E-state index contributed by atoms with van der Waals surface area (Å²) in [6.07, 6.45) is 0.974. The summed E-state index contributed by atoms with van der Waals surface area (Å²) in [4.78, 5) is 19.4. The summed E-state index contributed by atoms with van der Waals surface area (Å²) in [5.41, 5.74) is 1.47. The first-order chi connectivity index (χ1) is 10.5. The third kappa shape index (κ3) is 4.29. The number of hydrogen-bond acceptors (Lipinski definition) is 3. The van der Waals surface area contributed by atoms with E-state index < -0.39 is 0 Å². The molecule has 0 bridgehead atoms. The second-order valence-corrected chi connectivity index (χ2v) is 6.01. The highest BCUT2D eigenvalue weighted by Gasteiger charge is 2.26. The number of nitrogens with zero attached hydrogens (tertiary/aromatic N) is 2. The molecular formula is C17H23FN2O2. The first-order valence-corrected chi connectivity index (χ1v) is 7.76. The fourth-order valence-corrected chi connectivity index (χ4v) is 2.50. The van der Waals surface area contributed by atoms with Gasteiger partial charge in [-0.25, -0.2) is 4.39 Å². The molecule has 1 aromatic rings. The van der Waals surface area contributed by atoms with Crippen LogP contribution in [0.15, 0.2) is 29.4 Å². The Bertz CT molecular complexity index is 557. The van der Waals surface area contributed by atoms with E-state index in [2.05, 4.69) is 5.16 Å². The first-order valence-electron chi connectivity index (χ1n) is 7.76. The lowest BCUT2D eigenvalue weighted by atomic mass is 10.0. The molecule has 0 saturated carbocycles. The van der Waals surface area contributed by atoms with E-state index in [-0.39, 0.29) is 17.8 Å². The third-order valence-electron chi connectivity index (χ3n) is 3.63. The van der Waals surface area contributed by atoms with Gasteiger partial charge in [-0.05, 0) is 25.0 Å². The monoisotopic (exact) mass is 306 g/mol. The molecule has 0 radical (unpaired) electrons. The fourth-order valence-electron chi connectivity index (χ4n) is 2.50. The second kappa shape index (κ2) is 7.38. The predicted molar refractivity (Wildman–Crippen MR) is 84.1 cm³/mol. The number of halogens is 1. The van der Waals surface area contributed by atoms with Crippen molar-refractivity contribution in [3.8, 4) is 0 Å². The quantitative estimate of drug-likeness (QED) is 0.810. The van der Waals surface area contributed by atoms with Crippen LogP contribution in [-0.4, -0.2) is 35.7 Å². The topological polar surface area (TPSA) is 41.9 Å². The Morgan fingerprint density at radius 2 is 2.27 bits per heavy atom. The summed E-state index contributed by atoms with van der Waals surface area (Å²) in [6, 6.07) is 6.33. The van der Waals surface area contributed by atoms with Crippen LogP contribution < -0.4 is 0 Å². The van der Waals surface area contributed by atoms with Gasteiger partial charge < -0.3 is 9.74 Å². The molecule has 5 heteroatoms. The highest BCUT2D eigenvalue weighted by Crippen LogP contribution is 2.19. The van der Waals surface area contributed by atoms with Crippen LogP contribution in [0.5, 0.6) is 0 Å². The van der Waals surface area contributed by atoms with Gasteiger partial charge in [-0.3, -0.25) is 4.79 Å². The summed E-state index contributed by atoms with van der Waals surface area (Å²) in [5.74, 6) is 0.191. The molecule has 1 aromatic carbocycles. The Labute approximate surface area is 130 Å². The maximum Gasteiger partial charge on any atom is 0.222 e. The van der Waals surface area contributed by atoms with Crippen molar-refractivity contribution in [2.75, 3.05) is 13.1 Å². The first kappa shape index (κ1) is 16.5. The second-order valence-electron chi connectivity index (χ2n) is 6.01. The van der Waals surface area contributed by atoms with Gasteiger partial charge in [0.1, 0.15) is 5.82 Å². The molecule has 0 unspecified atom stereocenters. The molecular weight excluding hydrogens is 283 g/mol. The molecule has 1 amide bonds.